The molecule has 3 rings (SSSR count). The highest BCUT2D eigenvalue weighted by molar-refractivity contribution is 5.81. The Kier molecular flexibility index (Phi) is 3.56. The lowest BCUT2D eigenvalue weighted by molar-refractivity contribution is -0.151. The summed E-state index contributed by atoms with van der Waals surface area (Å²) in [5, 5.41) is 0. The summed E-state index contributed by atoms with van der Waals surface area (Å²) < 4.78 is 5.68. The fraction of sp³-hybridized carbons (Fsp3) is 0.562. The molecule has 1 saturated carbocycles. The molecule has 3 nitrogen and oxygen atoms in total. The van der Waals surface area contributed by atoms with Gasteiger partial charge in [-0.3, -0.25) is 4.79 Å². The highest BCUT2D eigenvalue weighted by Crippen LogP contribution is 2.34. The lowest BCUT2D eigenvalue weighted by Gasteiger charge is -2.42. The standard InChI is InChI=1S/C16H21NO2/c1-12(19-11-13-7-8-13)16(18)17-10-9-15(17)14-5-3-2-4-6-14/h2-6,12-13,15H,7-11H2,1H3/t12-,15-/m1/s1. The number of benzene rings is 1. The maximum Gasteiger partial charge on any atom is 0.251 e. The van der Waals surface area contributed by atoms with Crippen LogP contribution < -0.4 is 0 Å². The zero-order chi connectivity index (χ0) is 13.2. The van der Waals surface area contributed by atoms with Crippen LogP contribution in [-0.4, -0.2) is 30.1 Å². The summed E-state index contributed by atoms with van der Waals surface area (Å²) in [5.41, 5.74) is 1.23. The van der Waals surface area contributed by atoms with Crippen LogP contribution in [0.1, 0.15) is 37.8 Å². The Morgan fingerprint density at radius 1 is 1.32 bits per heavy atom. The molecular formula is C16H21NO2. The molecule has 2 atom stereocenters. The summed E-state index contributed by atoms with van der Waals surface area (Å²) in [7, 11) is 0. The average Bonchev–Trinajstić information content (AvgIpc) is 3.20. The molecule has 2 fully saturated rings. The first-order valence-electron chi connectivity index (χ1n) is 7.22. The Labute approximate surface area is 114 Å². The van der Waals surface area contributed by atoms with E-state index in [9.17, 15) is 4.79 Å². The monoisotopic (exact) mass is 259 g/mol. The third-order valence-electron chi connectivity index (χ3n) is 4.11. The van der Waals surface area contributed by atoms with E-state index in [1.165, 1.54) is 18.4 Å². The number of ether oxygens (including phenoxy) is 1. The first kappa shape index (κ1) is 12.7. The van der Waals surface area contributed by atoms with Gasteiger partial charge in [-0.1, -0.05) is 30.3 Å². The van der Waals surface area contributed by atoms with E-state index in [1.807, 2.05) is 30.0 Å². The molecular weight excluding hydrogens is 238 g/mol. The molecule has 1 aromatic carbocycles. The van der Waals surface area contributed by atoms with Crippen LogP contribution in [0.15, 0.2) is 30.3 Å². The Morgan fingerprint density at radius 3 is 2.63 bits per heavy atom. The molecule has 0 radical (unpaired) electrons. The van der Waals surface area contributed by atoms with Crippen molar-refractivity contribution in [2.75, 3.05) is 13.2 Å². The third-order valence-corrected chi connectivity index (χ3v) is 4.11. The number of likely N-dealkylation sites (tertiary alicyclic amines) is 1. The van der Waals surface area contributed by atoms with Crippen molar-refractivity contribution in [1.82, 2.24) is 4.90 Å². The van der Waals surface area contributed by atoms with Gasteiger partial charge < -0.3 is 9.64 Å². The Morgan fingerprint density at radius 2 is 2.05 bits per heavy atom. The van der Waals surface area contributed by atoms with Crippen molar-refractivity contribution >= 4 is 5.91 Å². The first-order valence-corrected chi connectivity index (χ1v) is 7.22. The van der Waals surface area contributed by atoms with Gasteiger partial charge in [0.2, 0.25) is 0 Å². The summed E-state index contributed by atoms with van der Waals surface area (Å²) in [6.07, 6.45) is 3.28. The van der Waals surface area contributed by atoms with Gasteiger partial charge in [0.15, 0.2) is 0 Å². The molecule has 0 spiro atoms. The largest absolute Gasteiger partial charge is 0.368 e. The van der Waals surface area contributed by atoms with Gasteiger partial charge in [-0.25, -0.2) is 0 Å². The molecule has 2 aliphatic rings. The number of nitrogens with zero attached hydrogens (tertiary/aromatic N) is 1. The Bertz CT molecular complexity index is 441. The lowest BCUT2D eigenvalue weighted by Crippen LogP contribution is -2.49. The molecule has 1 heterocycles. The number of rotatable bonds is 5. The van der Waals surface area contributed by atoms with Gasteiger partial charge in [-0.15, -0.1) is 0 Å². The predicted octanol–water partition coefficient (Wildman–Crippen LogP) is 2.78. The normalized spacial score (nSPS) is 23.8. The number of carbonyl (C=O) groups excluding carboxylic acids is 1. The second-order valence-electron chi connectivity index (χ2n) is 5.67. The van der Waals surface area contributed by atoms with E-state index in [0.717, 1.165) is 19.6 Å². The first-order chi connectivity index (χ1) is 9.25. The van der Waals surface area contributed by atoms with Gasteiger partial charge in [0.25, 0.3) is 5.91 Å². The second-order valence-corrected chi connectivity index (χ2v) is 5.67. The smallest absolute Gasteiger partial charge is 0.251 e. The summed E-state index contributed by atoms with van der Waals surface area (Å²) in [6.45, 7) is 3.48. The van der Waals surface area contributed by atoms with E-state index >= 15 is 0 Å². The zero-order valence-corrected chi connectivity index (χ0v) is 11.4. The van der Waals surface area contributed by atoms with E-state index in [2.05, 4.69) is 12.1 Å². The maximum absolute atomic E-state index is 12.3. The van der Waals surface area contributed by atoms with Crippen LogP contribution in [0.4, 0.5) is 0 Å². The molecule has 3 heteroatoms. The van der Waals surface area contributed by atoms with Gasteiger partial charge in [0.05, 0.1) is 12.6 Å². The van der Waals surface area contributed by atoms with Gasteiger partial charge in [0, 0.05) is 6.54 Å². The van der Waals surface area contributed by atoms with Crippen LogP contribution in [0.2, 0.25) is 0 Å². The van der Waals surface area contributed by atoms with E-state index in [-0.39, 0.29) is 18.1 Å². The fourth-order valence-corrected chi connectivity index (χ4v) is 2.54. The van der Waals surface area contributed by atoms with Crippen LogP contribution in [-0.2, 0) is 9.53 Å². The Hall–Kier alpha value is -1.35. The Balaban J connectivity index is 1.57. The molecule has 0 unspecified atom stereocenters. The fourth-order valence-electron chi connectivity index (χ4n) is 2.54. The van der Waals surface area contributed by atoms with E-state index in [1.54, 1.807) is 0 Å². The zero-order valence-electron chi connectivity index (χ0n) is 11.4. The molecule has 0 N–H and O–H groups in total. The van der Waals surface area contributed by atoms with Crippen molar-refractivity contribution in [2.24, 2.45) is 5.92 Å². The topological polar surface area (TPSA) is 29.5 Å². The predicted molar refractivity (Wildman–Crippen MR) is 73.7 cm³/mol. The van der Waals surface area contributed by atoms with Crippen LogP contribution >= 0.6 is 0 Å². The van der Waals surface area contributed by atoms with Gasteiger partial charge in [-0.2, -0.15) is 0 Å². The number of hydrogen-bond donors (Lipinski definition) is 0. The molecule has 1 aliphatic carbocycles. The van der Waals surface area contributed by atoms with Crippen molar-refractivity contribution in [3.63, 3.8) is 0 Å². The number of amides is 1. The number of carbonyl (C=O) groups is 1. The molecule has 102 valence electrons. The van der Waals surface area contributed by atoms with Crippen molar-refractivity contribution in [2.45, 2.75) is 38.3 Å². The lowest BCUT2D eigenvalue weighted by atomic mass is 9.94. The van der Waals surface area contributed by atoms with Crippen LogP contribution in [0.3, 0.4) is 0 Å². The summed E-state index contributed by atoms with van der Waals surface area (Å²) in [5.74, 6) is 0.845. The molecule has 1 saturated heterocycles. The number of hydrogen-bond acceptors (Lipinski definition) is 2. The minimum atomic E-state index is -0.299. The van der Waals surface area contributed by atoms with Gasteiger partial charge in [0.1, 0.15) is 6.10 Å². The van der Waals surface area contributed by atoms with E-state index in [4.69, 9.17) is 4.74 Å². The van der Waals surface area contributed by atoms with Crippen LogP contribution in [0.25, 0.3) is 0 Å². The molecule has 0 aromatic heterocycles. The van der Waals surface area contributed by atoms with Crippen molar-refractivity contribution < 1.29 is 9.53 Å². The van der Waals surface area contributed by atoms with E-state index in [0.29, 0.717) is 5.92 Å². The molecule has 1 aliphatic heterocycles. The van der Waals surface area contributed by atoms with Gasteiger partial charge >= 0.3 is 0 Å². The minimum absolute atomic E-state index is 0.140. The molecule has 1 amide bonds. The van der Waals surface area contributed by atoms with Crippen molar-refractivity contribution in [3.8, 4) is 0 Å². The maximum atomic E-state index is 12.3. The molecule has 1 aromatic rings. The molecule has 0 bridgehead atoms. The van der Waals surface area contributed by atoms with Crippen molar-refractivity contribution in [1.29, 1.82) is 0 Å². The second kappa shape index (κ2) is 5.33. The molecule has 19 heavy (non-hydrogen) atoms. The third kappa shape index (κ3) is 2.81. The van der Waals surface area contributed by atoms with E-state index < -0.39 is 0 Å². The quantitative estimate of drug-likeness (QED) is 0.813. The summed E-state index contributed by atoms with van der Waals surface area (Å²) in [6, 6.07) is 10.5. The SMILES string of the molecule is C[C@@H](OCC1CC1)C(=O)N1CC[C@@H]1c1ccccc1. The summed E-state index contributed by atoms with van der Waals surface area (Å²) >= 11 is 0. The minimum Gasteiger partial charge on any atom is -0.368 e. The highest BCUT2D eigenvalue weighted by atomic mass is 16.5. The van der Waals surface area contributed by atoms with Crippen molar-refractivity contribution in [3.05, 3.63) is 35.9 Å². The highest BCUT2D eigenvalue weighted by Gasteiger charge is 2.36. The van der Waals surface area contributed by atoms with Crippen LogP contribution in [0.5, 0.6) is 0 Å². The van der Waals surface area contributed by atoms with Crippen LogP contribution in [0, 0.1) is 5.92 Å². The average molecular weight is 259 g/mol. The van der Waals surface area contributed by atoms with Gasteiger partial charge in [-0.05, 0) is 37.7 Å². The summed E-state index contributed by atoms with van der Waals surface area (Å²) in [4.78, 5) is 14.3.